The lowest BCUT2D eigenvalue weighted by molar-refractivity contribution is -0.138. The van der Waals surface area contributed by atoms with Gasteiger partial charge >= 0.3 is 6.18 Å². The molecule has 10 heteroatoms. The standard InChI is InChI=1S/C18H19ClF3N5S/c1-10-13(16-17(19)25-26-27(16)2)8-15(28-10)24-12(9-23)7-11-5-3-4-6-14(11)18(20,21)22/h3-6,8,12,24H,7,9,23H2,1-2H3/t12-/m0/s1. The third kappa shape index (κ3) is 4.31. The fourth-order valence-electron chi connectivity index (χ4n) is 3.04. The number of hydrogen-bond acceptors (Lipinski definition) is 5. The molecule has 0 unspecified atom stereocenters. The maximum Gasteiger partial charge on any atom is 0.416 e. The monoisotopic (exact) mass is 429 g/mol. The fourth-order valence-corrected chi connectivity index (χ4v) is 4.30. The first kappa shape index (κ1) is 20.6. The molecule has 0 saturated carbocycles. The normalized spacial score (nSPS) is 13.0. The Morgan fingerprint density at radius 2 is 2.04 bits per heavy atom. The predicted molar refractivity (Wildman–Crippen MR) is 106 cm³/mol. The van der Waals surface area contributed by atoms with Gasteiger partial charge in [0.2, 0.25) is 0 Å². The number of thiophene rings is 1. The zero-order chi connectivity index (χ0) is 20.5. The van der Waals surface area contributed by atoms with Crippen LogP contribution in [0.3, 0.4) is 0 Å². The summed E-state index contributed by atoms with van der Waals surface area (Å²) < 4.78 is 41.3. The van der Waals surface area contributed by atoms with Crippen molar-refractivity contribution in [3.05, 3.63) is 51.5 Å². The molecule has 2 aromatic heterocycles. The van der Waals surface area contributed by atoms with Crippen LogP contribution in [0.15, 0.2) is 30.3 Å². The molecule has 0 bridgehead atoms. The molecule has 3 N–H and O–H groups in total. The summed E-state index contributed by atoms with van der Waals surface area (Å²) in [4.78, 5) is 0.987. The maximum absolute atomic E-state index is 13.2. The molecule has 0 spiro atoms. The van der Waals surface area contributed by atoms with Gasteiger partial charge in [-0.1, -0.05) is 35.0 Å². The van der Waals surface area contributed by atoms with Gasteiger partial charge in [-0.15, -0.1) is 16.4 Å². The number of rotatable bonds is 6. The molecule has 3 aromatic rings. The lowest BCUT2D eigenvalue weighted by atomic mass is 10.00. The molecule has 150 valence electrons. The van der Waals surface area contributed by atoms with Crippen molar-refractivity contribution in [2.24, 2.45) is 12.8 Å². The molecule has 5 nitrogen and oxygen atoms in total. The Morgan fingerprint density at radius 3 is 2.64 bits per heavy atom. The van der Waals surface area contributed by atoms with Crippen molar-refractivity contribution in [3.8, 4) is 11.3 Å². The van der Waals surface area contributed by atoms with Crippen molar-refractivity contribution in [1.29, 1.82) is 0 Å². The average Bonchev–Trinajstić information content (AvgIpc) is 3.15. The summed E-state index contributed by atoms with van der Waals surface area (Å²) in [5, 5.41) is 12.1. The van der Waals surface area contributed by atoms with Crippen molar-refractivity contribution in [3.63, 3.8) is 0 Å². The third-order valence-electron chi connectivity index (χ3n) is 4.38. The summed E-state index contributed by atoms with van der Waals surface area (Å²) in [5.41, 5.74) is 6.97. The smallest absolute Gasteiger partial charge is 0.373 e. The van der Waals surface area contributed by atoms with Crippen LogP contribution in [0.5, 0.6) is 0 Å². The number of hydrogen-bond donors (Lipinski definition) is 2. The van der Waals surface area contributed by atoms with Gasteiger partial charge in [-0.05, 0) is 31.0 Å². The Kier molecular flexibility index (Phi) is 5.97. The van der Waals surface area contributed by atoms with E-state index >= 15 is 0 Å². The number of benzene rings is 1. The molecule has 0 radical (unpaired) electrons. The lowest BCUT2D eigenvalue weighted by Gasteiger charge is -2.19. The van der Waals surface area contributed by atoms with Crippen LogP contribution >= 0.6 is 22.9 Å². The van der Waals surface area contributed by atoms with Crippen molar-refractivity contribution >= 4 is 27.9 Å². The van der Waals surface area contributed by atoms with E-state index in [2.05, 4.69) is 15.6 Å². The Morgan fingerprint density at radius 1 is 1.32 bits per heavy atom. The van der Waals surface area contributed by atoms with E-state index in [9.17, 15) is 13.2 Å². The summed E-state index contributed by atoms with van der Waals surface area (Å²) in [5.74, 6) is 0. The number of aromatic nitrogens is 3. The number of alkyl halides is 3. The van der Waals surface area contributed by atoms with Crippen LogP contribution in [-0.2, 0) is 19.6 Å². The van der Waals surface area contributed by atoms with Gasteiger partial charge < -0.3 is 11.1 Å². The minimum Gasteiger partial charge on any atom is -0.373 e. The molecule has 2 heterocycles. The van der Waals surface area contributed by atoms with E-state index < -0.39 is 11.7 Å². The molecular weight excluding hydrogens is 411 g/mol. The highest BCUT2D eigenvalue weighted by Gasteiger charge is 2.33. The number of anilines is 1. The van der Waals surface area contributed by atoms with Gasteiger partial charge in [0.25, 0.3) is 0 Å². The fraction of sp³-hybridized carbons (Fsp3) is 0.333. The lowest BCUT2D eigenvalue weighted by Crippen LogP contribution is -2.31. The van der Waals surface area contributed by atoms with E-state index in [4.69, 9.17) is 17.3 Å². The molecule has 28 heavy (non-hydrogen) atoms. The molecule has 0 aliphatic rings. The number of nitrogens with one attached hydrogen (secondary N) is 1. The molecule has 0 amide bonds. The molecular formula is C18H19ClF3N5S. The number of halogens is 4. The largest absolute Gasteiger partial charge is 0.416 e. The SMILES string of the molecule is Cc1sc(N[C@H](CN)Cc2ccccc2C(F)(F)F)cc1-c1c(Cl)nnn1C. The van der Waals surface area contributed by atoms with Gasteiger partial charge in [0.1, 0.15) is 5.69 Å². The Hall–Kier alpha value is -2.10. The molecule has 1 atom stereocenters. The van der Waals surface area contributed by atoms with Crippen LogP contribution in [-0.4, -0.2) is 27.6 Å². The quantitative estimate of drug-likeness (QED) is 0.605. The van der Waals surface area contributed by atoms with Gasteiger partial charge in [0, 0.05) is 30.1 Å². The third-order valence-corrected chi connectivity index (χ3v) is 5.61. The van der Waals surface area contributed by atoms with Gasteiger partial charge in [-0.25, -0.2) is 4.68 Å². The van der Waals surface area contributed by atoms with Crippen molar-refractivity contribution in [2.75, 3.05) is 11.9 Å². The molecule has 3 rings (SSSR count). The highest BCUT2D eigenvalue weighted by atomic mass is 35.5. The van der Waals surface area contributed by atoms with Crippen molar-refractivity contribution < 1.29 is 13.2 Å². The molecule has 1 aromatic carbocycles. The van der Waals surface area contributed by atoms with E-state index in [0.29, 0.717) is 10.8 Å². The van der Waals surface area contributed by atoms with Crippen LogP contribution in [0.2, 0.25) is 5.15 Å². The zero-order valence-corrected chi connectivity index (χ0v) is 16.8. The maximum atomic E-state index is 13.2. The molecule has 0 saturated heterocycles. The van der Waals surface area contributed by atoms with E-state index in [-0.39, 0.29) is 24.6 Å². The second-order valence-corrected chi connectivity index (χ2v) is 7.98. The number of nitrogens with zero attached hydrogens (tertiary/aromatic N) is 3. The van der Waals surface area contributed by atoms with Gasteiger partial charge in [-0.2, -0.15) is 13.2 Å². The summed E-state index contributed by atoms with van der Waals surface area (Å²) in [7, 11) is 1.75. The topological polar surface area (TPSA) is 68.8 Å². The number of aryl methyl sites for hydroxylation is 2. The predicted octanol–water partition coefficient (Wildman–Crippen LogP) is 4.51. The first-order valence-electron chi connectivity index (χ1n) is 8.48. The molecule has 0 fully saturated rings. The van der Waals surface area contributed by atoms with Crippen LogP contribution in [0, 0.1) is 6.92 Å². The first-order chi connectivity index (χ1) is 13.2. The average molecular weight is 430 g/mol. The van der Waals surface area contributed by atoms with Crippen molar-refractivity contribution in [1.82, 2.24) is 15.0 Å². The Labute approximate surface area is 169 Å². The van der Waals surface area contributed by atoms with E-state index in [1.54, 1.807) is 17.8 Å². The van der Waals surface area contributed by atoms with Crippen molar-refractivity contribution in [2.45, 2.75) is 25.6 Å². The summed E-state index contributed by atoms with van der Waals surface area (Å²) in [6.07, 6.45) is -4.24. The van der Waals surface area contributed by atoms with Gasteiger partial charge in [-0.3, -0.25) is 0 Å². The molecule has 0 aliphatic heterocycles. The second-order valence-electron chi connectivity index (χ2n) is 6.37. The zero-order valence-electron chi connectivity index (χ0n) is 15.2. The minimum atomic E-state index is -4.40. The Balaban J connectivity index is 1.83. The summed E-state index contributed by atoms with van der Waals surface area (Å²) in [6.45, 7) is 2.12. The van der Waals surface area contributed by atoms with E-state index in [1.807, 2.05) is 13.0 Å². The number of nitrogens with two attached hydrogens (primary N) is 1. The van der Waals surface area contributed by atoms with E-state index in [1.165, 1.54) is 23.5 Å². The Bertz CT molecular complexity index is 947. The highest BCUT2D eigenvalue weighted by Crippen LogP contribution is 2.37. The highest BCUT2D eigenvalue weighted by molar-refractivity contribution is 7.16. The van der Waals surface area contributed by atoms with Crippen LogP contribution in [0.1, 0.15) is 16.0 Å². The van der Waals surface area contributed by atoms with Gasteiger partial charge in [0.15, 0.2) is 5.15 Å². The summed E-state index contributed by atoms with van der Waals surface area (Å²) in [6, 6.07) is 7.10. The van der Waals surface area contributed by atoms with Crippen LogP contribution < -0.4 is 11.1 Å². The van der Waals surface area contributed by atoms with Gasteiger partial charge in [0.05, 0.1) is 10.6 Å². The van der Waals surface area contributed by atoms with Crippen LogP contribution in [0.25, 0.3) is 11.3 Å². The van der Waals surface area contributed by atoms with Crippen LogP contribution in [0.4, 0.5) is 18.2 Å². The first-order valence-corrected chi connectivity index (χ1v) is 9.67. The summed E-state index contributed by atoms with van der Waals surface area (Å²) >= 11 is 7.60. The second kappa shape index (κ2) is 8.10. The van der Waals surface area contributed by atoms with E-state index in [0.717, 1.165) is 21.5 Å². The minimum absolute atomic E-state index is 0.159. The molecule has 0 aliphatic carbocycles.